The van der Waals surface area contributed by atoms with Crippen molar-refractivity contribution in [1.82, 2.24) is 0 Å². The average molecular weight is 299 g/mol. The van der Waals surface area contributed by atoms with Crippen molar-refractivity contribution in [3.8, 4) is 0 Å². The number of hydrogen-bond acceptors (Lipinski definition) is 5. The second-order valence-corrected chi connectivity index (χ2v) is 7.13. The van der Waals surface area contributed by atoms with Gasteiger partial charge >= 0.3 is 0 Å². The maximum absolute atomic E-state index is 11.4. The fourth-order valence-electron chi connectivity index (χ4n) is 2.22. The summed E-state index contributed by atoms with van der Waals surface area (Å²) in [6, 6.07) is 4.44. The van der Waals surface area contributed by atoms with Crippen molar-refractivity contribution in [2.24, 2.45) is 10.6 Å². The summed E-state index contributed by atoms with van der Waals surface area (Å²) in [6.45, 7) is 4.41. The van der Waals surface area contributed by atoms with E-state index in [4.69, 9.17) is 15.6 Å². The van der Waals surface area contributed by atoms with E-state index in [1.807, 2.05) is 0 Å². The van der Waals surface area contributed by atoms with Crippen LogP contribution in [0.4, 0.5) is 11.4 Å². The highest BCUT2D eigenvalue weighted by Gasteiger charge is 2.27. The molecule has 1 fully saturated rings. The minimum atomic E-state index is -3.72. The number of benzene rings is 1. The van der Waals surface area contributed by atoms with E-state index in [0.29, 0.717) is 17.9 Å². The van der Waals surface area contributed by atoms with Crippen molar-refractivity contribution in [2.45, 2.75) is 24.7 Å². The molecule has 0 aromatic heterocycles. The third-order valence-corrected chi connectivity index (χ3v) is 4.67. The summed E-state index contributed by atoms with van der Waals surface area (Å²) in [6.07, 6.45) is 1.93. The molecule has 2 rings (SSSR count). The summed E-state index contributed by atoms with van der Waals surface area (Å²) >= 11 is 0. The third-order valence-electron chi connectivity index (χ3n) is 3.76. The van der Waals surface area contributed by atoms with Crippen molar-refractivity contribution in [3.63, 3.8) is 0 Å². The second-order valence-electron chi connectivity index (χ2n) is 5.57. The third kappa shape index (κ3) is 3.62. The summed E-state index contributed by atoms with van der Waals surface area (Å²) in [4.78, 5) is 0.0614. The number of sulfonamides is 1. The zero-order valence-electron chi connectivity index (χ0n) is 11.6. The molecule has 112 valence electrons. The summed E-state index contributed by atoms with van der Waals surface area (Å²) < 4.78 is 28.1. The molecule has 0 aliphatic carbocycles. The molecule has 1 aliphatic rings. The minimum Gasteiger partial charge on any atom is -0.397 e. The minimum absolute atomic E-state index is 0.0614. The molecule has 0 amide bonds. The topological polar surface area (TPSA) is 107 Å². The van der Waals surface area contributed by atoms with E-state index in [2.05, 4.69) is 12.2 Å². The molecule has 1 aromatic rings. The van der Waals surface area contributed by atoms with Crippen LogP contribution in [0.1, 0.15) is 19.8 Å². The van der Waals surface area contributed by atoms with E-state index in [1.165, 1.54) is 12.1 Å². The van der Waals surface area contributed by atoms with E-state index in [1.54, 1.807) is 6.07 Å². The Morgan fingerprint density at radius 2 is 2.00 bits per heavy atom. The van der Waals surface area contributed by atoms with Gasteiger partial charge in [0.15, 0.2) is 0 Å². The lowest BCUT2D eigenvalue weighted by Crippen LogP contribution is -2.33. The van der Waals surface area contributed by atoms with Gasteiger partial charge in [-0.2, -0.15) is 0 Å². The quantitative estimate of drug-likeness (QED) is 0.723. The monoisotopic (exact) mass is 299 g/mol. The molecular formula is C13H21N3O3S. The summed E-state index contributed by atoms with van der Waals surface area (Å²) in [7, 11) is -3.72. The normalized spacial score (nSPS) is 18.7. The zero-order chi connectivity index (χ0) is 14.8. The Balaban J connectivity index is 2.13. The first-order chi connectivity index (χ1) is 9.30. The molecule has 0 atom stereocenters. The molecular weight excluding hydrogens is 278 g/mol. The van der Waals surface area contributed by atoms with E-state index >= 15 is 0 Å². The Kier molecular flexibility index (Phi) is 4.22. The van der Waals surface area contributed by atoms with Crippen molar-refractivity contribution in [2.75, 3.05) is 30.8 Å². The first kappa shape index (κ1) is 15.1. The van der Waals surface area contributed by atoms with Gasteiger partial charge in [0.2, 0.25) is 10.0 Å². The number of nitrogens with one attached hydrogen (secondary N) is 1. The number of nitrogens with two attached hydrogens (primary N) is 2. The second kappa shape index (κ2) is 5.59. The first-order valence-corrected chi connectivity index (χ1v) is 8.09. The molecule has 1 heterocycles. The van der Waals surface area contributed by atoms with Crippen LogP contribution in [0.15, 0.2) is 23.1 Å². The Hall–Kier alpha value is -1.31. The SMILES string of the molecule is CC1(CNc2cc(S(N)(=O)=O)ccc2N)CCOCC1. The lowest BCUT2D eigenvalue weighted by molar-refractivity contribution is 0.0300. The number of nitrogen functional groups attached to an aromatic ring is 1. The van der Waals surface area contributed by atoms with Crippen LogP contribution in [0.5, 0.6) is 0 Å². The summed E-state index contributed by atoms with van der Waals surface area (Å²) in [5, 5.41) is 8.36. The molecule has 1 aliphatic heterocycles. The molecule has 0 spiro atoms. The molecule has 1 saturated heterocycles. The van der Waals surface area contributed by atoms with Gasteiger partial charge in [0.25, 0.3) is 0 Å². The maximum Gasteiger partial charge on any atom is 0.238 e. The van der Waals surface area contributed by atoms with Crippen molar-refractivity contribution in [1.29, 1.82) is 0 Å². The lowest BCUT2D eigenvalue weighted by atomic mass is 9.82. The number of anilines is 2. The molecule has 0 bridgehead atoms. The van der Waals surface area contributed by atoms with Crippen LogP contribution in [0.2, 0.25) is 0 Å². The van der Waals surface area contributed by atoms with Gasteiger partial charge in [0, 0.05) is 19.8 Å². The standard InChI is InChI=1S/C13H21N3O3S/c1-13(4-6-19-7-5-13)9-16-12-8-10(20(15,17)18)2-3-11(12)14/h2-3,8,16H,4-7,9,14H2,1H3,(H2,15,17,18). The highest BCUT2D eigenvalue weighted by atomic mass is 32.2. The Morgan fingerprint density at radius 3 is 2.60 bits per heavy atom. The fourth-order valence-corrected chi connectivity index (χ4v) is 2.75. The van der Waals surface area contributed by atoms with E-state index in [9.17, 15) is 8.42 Å². The van der Waals surface area contributed by atoms with Gasteiger partial charge in [-0.15, -0.1) is 0 Å². The van der Waals surface area contributed by atoms with E-state index in [0.717, 1.165) is 26.1 Å². The zero-order valence-corrected chi connectivity index (χ0v) is 12.4. The predicted molar refractivity (Wildman–Crippen MR) is 78.9 cm³/mol. The lowest BCUT2D eigenvalue weighted by Gasteiger charge is -2.34. The van der Waals surface area contributed by atoms with Gasteiger partial charge in [0.1, 0.15) is 0 Å². The Labute approximate surface area is 119 Å². The van der Waals surface area contributed by atoms with Gasteiger partial charge < -0.3 is 15.8 Å². The summed E-state index contributed by atoms with van der Waals surface area (Å²) in [5.41, 5.74) is 7.10. The van der Waals surface area contributed by atoms with Gasteiger partial charge in [-0.3, -0.25) is 0 Å². The highest BCUT2D eigenvalue weighted by molar-refractivity contribution is 7.89. The Bertz CT molecular complexity index is 581. The molecule has 1 aromatic carbocycles. The Morgan fingerprint density at radius 1 is 1.35 bits per heavy atom. The number of ether oxygens (including phenoxy) is 1. The highest BCUT2D eigenvalue weighted by Crippen LogP contribution is 2.31. The van der Waals surface area contributed by atoms with Crippen LogP contribution in [-0.2, 0) is 14.8 Å². The number of hydrogen-bond donors (Lipinski definition) is 3. The van der Waals surface area contributed by atoms with Gasteiger partial charge in [-0.25, -0.2) is 13.6 Å². The van der Waals surface area contributed by atoms with E-state index in [-0.39, 0.29) is 10.3 Å². The fraction of sp³-hybridized carbons (Fsp3) is 0.538. The molecule has 5 N–H and O–H groups in total. The van der Waals surface area contributed by atoms with Crippen LogP contribution in [-0.4, -0.2) is 28.2 Å². The molecule has 0 unspecified atom stereocenters. The molecule has 20 heavy (non-hydrogen) atoms. The van der Waals surface area contributed by atoms with Crippen molar-refractivity contribution < 1.29 is 13.2 Å². The first-order valence-electron chi connectivity index (χ1n) is 6.54. The summed E-state index contributed by atoms with van der Waals surface area (Å²) in [5.74, 6) is 0. The molecule has 6 nitrogen and oxygen atoms in total. The van der Waals surface area contributed by atoms with Gasteiger partial charge in [-0.1, -0.05) is 6.92 Å². The average Bonchev–Trinajstić information content (AvgIpc) is 2.37. The largest absolute Gasteiger partial charge is 0.397 e. The number of rotatable bonds is 4. The maximum atomic E-state index is 11.4. The van der Waals surface area contributed by atoms with Crippen LogP contribution in [0.25, 0.3) is 0 Å². The molecule has 7 heteroatoms. The smallest absolute Gasteiger partial charge is 0.238 e. The van der Waals surface area contributed by atoms with Crippen LogP contribution < -0.4 is 16.2 Å². The number of primary sulfonamides is 1. The van der Waals surface area contributed by atoms with Crippen LogP contribution in [0.3, 0.4) is 0 Å². The van der Waals surface area contributed by atoms with Gasteiger partial charge in [-0.05, 0) is 36.5 Å². The van der Waals surface area contributed by atoms with Crippen LogP contribution >= 0.6 is 0 Å². The predicted octanol–water partition coefficient (Wildman–Crippen LogP) is 1.14. The van der Waals surface area contributed by atoms with Crippen molar-refractivity contribution in [3.05, 3.63) is 18.2 Å². The molecule has 0 saturated carbocycles. The van der Waals surface area contributed by atoms with Crippen LogP contribution in [0, 0.1) is 5.41 Å². The van der Waals surface area contributed by atoms with Crippen molar-refractivity contribution >= 4 is 21.4 Å². The molecule has 0 radical (unpaired) electrons. The van der Waals surface area contributed by atoms with Gasteiger partial charge in [0.05, 0.1) is 16.3 Å². The van der Waals surface area contributed by atoms with E-state index < -0.39 is 10.0 Å².